The van der Waals surface area contributed by atoms with E-state index in [0.29, 0.717) is 18.6 Å². The molecule has 76 valence electrons. The van der Waals surface area contributed by atoms with Gasteiger partial charge in [0.05, 0.1) is 12.7 Å². The number of hydrogen-bond donors (Lipinski definition) is 0. The van der Waals surface area contributed by atoms with Crippen LogP contribution in [0.1, 0.15) is 30.1 Å². The normalized spacial score (nSPS) is 9.93. The number of rotatable bonds is 4. The highest BCUT2D eigenvalue weighted by molar-refractivity contribution is 5.98. The largest absolute Gasteiger partial charge is 0.496 e. The predicted molar refractivity (Wildman–Crippen MR) is 52.2 cm³/mol. The van der Waals surface area contributed by atoms with Crippen molar-refractivity contribution in [3.05, 3.63) is 29.6 Å². The number of carbonyl (C=O) groups excluding carboxylic acids is 1. The van der Waals surface area contributed by atoms with Crippen LogP contribution in [0.2, 0.25) is 0 Å². The molecule has 0 aromatic heterocycles. The molecule has 0 saturated heterocycles. The van der Waals surface area contributed by atoms with Crippen molar-refractivity contribution >= 4 is 5.78 Å². The summed E-state index contributed by atoms with van der Waals surface area (Å²) in [5.41, 5.74) is 0.0665. The molecule has 0 aliphatic carbocycles. The maximum atomic E-state index is 13.3. The number of ether oxygens (including phenoxy) is 1. The van der Waals surface area contributed by atoms with Crippen molar-refractivity contribution in [3.63, 3.8) is 0 Å². The highest BCUT2D eigenvalue weighted by atomic mass is 19.1. The van der Waals surface area contributed by atoms with Crippen LogP contribution in [-0.4, -0.2) is 12.9 Å². The van der Waals surface area contributed by atoms with E-state index in [0.717, 1.165) is 0 Å². The smallest absolute Gasteiger partial charge is 0.169 e. The lowest BCUT2D eigenvalue weighted by Gasteiger charge is -2.07. The molecule has 0 fully saturated rings. The number of benzene rings is 1. The van der Waals surface area contributed by atoms with E-state index in [9.17, 15) is 9.18 Å². The van der Waals surface area contributed by atoms with Gasteiger partial charge in [0.15, 0.2) is 5.78 Å². The Bertz CT molecular complexity index is 334. The van der Waals surface area contributed by atoms with E-state index in [1.165, 1.54) is 19.2 Å². The zero-order chi connectivity index (χ0) is 10.6. The monoisotopic (exact) mass is 196 g/mol. The minimum absolute atomic E-state index is 0.0665. The van der Waals surface area contributed by atoms with Gasteiger partial charge in [0.2, 0.25) is 0 Å². The molecule has 0 amide bonds. The second kappa shape index (κ2) is 4.74. The maximum Gasteiger partial charge on any atom is 0.169 e. The Morgan fingerprint density at radius 1 is 1.50 bits per heavy atom. The zero-order valence-electron chi connectivity index (χ0n) is 8.34. The van der Waals surface area contributed by atoms with Crippen molar-refractivity contribution in [2.75, 3.05) is 7.11 Å². The summed E-state index contributed by atoms with van der Waals surface area (Å²) in [7, 11) is 1.43. The second-order valence-electron chi connectivity index (χ2n) is 2.99. The molecule has 0 spiro atoms. The third kappa shape index (κ3) is 2.10. The van der Waals surface area contributed by atoms with Gasteiger partial charge in [-0.2, -0.15) is 0 Å². The van der Waals surface area contributed by atoms with Crippen LogP contribution in [0, 0.1) is 5.82 Å². The Hall–Kier alpha value is -1.38. The van der Waals surface area contributed by atoms with Crippen LogP contribution in [-0.2, 0) is 0 Å². The SMILES string of the molecule is CCCC(=O)c1c(F)cccc1OC. The molecule has 1 aromatic carbocycles. The van der Waals surface area contributed by atoms with Crippen LogP contribution >= 0.6 is 0 Å². The van der Waals surface area contributed by atoms with E-state index in [-0.39, 0.29) is 11.3 Å². The quantitative estimate of drug-likeness (QED) is 0.692. The molecule has 0 radical (unpaired) electrons. The molecule has 1 rings (SSSR count). The predicted octanol–water partition coefficient (Wildman–Crippen LogP) is 2.82. The number of ketones is 1. The van der Waals surface area contributed by atoms with Crippen LogP contribution < -0.4 is 4.74 Å². The van der Waals surface area contributed by atoms with E-state index in [1.54, 1.807) is 6.07 Å². The molecule has 3 heteroatoms. The van der Waals surface area contributed by atoms with Crippen LogP contribution in [0.25, 0.3) is 0 Å². The fourth-order valence-corrected chi connectivity index (χ4v) is 1.30. The number of carbonyl (C=O) groups is 1. The van der Waals surface area contributed by atoms with E-state index in [4.69, 9.17) is 4.74 Å². The highest BCUT2D eigenvalue weighted by Gasteiger charge is 2.15. The fraction of sp³-hybridized carbons (Fsp3) is 0.364. The van der Waals surface area contributed by atoms with Crippen molar-refractivity contribution in [1.29, 1.82) is 0 Å². The van der Waals surface area contributed by atoms with Gasteiger partial charge in [-0.15, -0.1) is 0 Å². The molecule has 0 unspecified atom stereocenters. The van der Waals surface area contributed by atoms with E-state index in [2.05, 4.69) is 0 Å². The topological polar surface area (TPSA) is 26.3 Å². The Balaban J connectivity index is 3.10. The summed E-state index contributed by atoms with van der Waals surface area (Å²) in [5, 5.41) is 0. The third-order valence-electron chi connectivity index (χ3n) is 1.95. The first-order chi connectivity index (χ1) is 6.70. The summed E-state index contributed by atoms with van der Waals surface area (Å²) in [4.78, 5) is 11.5. The third-order valence-corrected chi connectivity index (χ3v) is 1.95. The summed E-state index contributed by atoms with van der Waals surface area (Å²) < 4.78 is 18.2. The van der Waals surface area contributed by atoms with Crippen molar-refractivity contribution in [1.82, 2.24) is 0 Å². The molecule has 0 N–H and O–H groups in total. The average Bonchev–Trinajstić information content (AvgIpc) is 2.17. The van der Waals surface area contributed by atoms with Crippen molar-refractivity contribution in [2.45, 2.75) is 19.8 Å². The molecule has 2 nitrogen and oxygen atoms in total. The van der Waals surface area contributed by atoms with E-state index in [1.807, 2.05) is 6.92 Å². The van der Waals surface area contributed by atoms with Gasteiger partial charge in [-0.3, -0.25) is 4.79 Å². The van der Waals surface area contributed by atoms with Crippen molar-refractivity contribution in [3.8, 4) is 5.75 Å². The second-order valence-corrected chi connectivity index (χ2v) is 2.99. The average molecular weight is 196 g/mol. The Morgan fingerprint density at radius 2 is 2.21 bits per heavy atom. The zero-order valence-corrected chi connectivity index (χ0v) is 8.34. The molecule has 0 heterocycles. The van der Waals surface area contributed by atoms with Gasteiger partial charge in [-0.05, 0) is 18.6 Å². The standard InChI is InChI=1S/C11H13FO2/c1-3-5-9(13)11-8(12)6-4-7-10(11)14-2/h4,6-7H,3,5H2,1-2H3. The van der Waals surface area contributed by atoms with Crippen LogP contribution in [0.15, 0.2) is 18.2 Å². The molecule has 1 aromatic rings. The van der Waals surface area contributed by atoms with Crippen molar-refractivity contribution < 1.29 is 13.9 Å². The van der Waals surface area contributed by atoms with Gasteiger partial charge >= 0.3 is 0 Å². The summed E-state index contributed by atoms with van der Waals surface area (Å²) in [5.74, 6) is -0.409. The summed E-state index contributed by atoms with van der Waals surface area (Å²) >= 11 is 0. The highest BCUT2D eigenvalue weighted by Crippen LogP contribution is 2.22. The van der Waals surface area contributed by atoms with Gasteiger partial charge in [0.1, 0.15) is 11.6 Å². The molecular formula is C11H13FO2. The minimum atomic E-state index is -0.511. The van der Waals surface area contributed by atoms with Gasteiger partial charge in [-0.25, -0.2) is 4.39 Å². The lowest BCUT2D eigenvalue weighted by molar-refractivity contribution is 0.0974. The molecule has 0 aliphatic heterocycles. The van der Waals surface area contributed by atoms with Gasteiger partial charge in [0.25, 0.3) is 0 Å². The summed E-state index contributed by atoms with van der Waals surface area (Å²) in [6, 6.07) is 4.38. The molecule has 0 saturated carbocycles. The first kappa shape index (κ1) is 10.7. The van der Waals surface area contributed by atoms with Crippen molar-refractivity contribution in [2.24, 2.45) is 0 Å². The number of Topliss-reactive ketones (excluding diaryl/α,β-unsaturated/α-hetero) is 1. The number of halogens is 1. The van der Waals surface area contributed by atoms with Gasteiger partial charge < -0.3 is 4.74 Å². The minimum Gasteiger partial charge on any atom is -0.496 e. The number of hydrogen-bond acceptors (Lipinski definition) is 2. The molecule has 0 aliphatic rings. The molecule has 0 atom stereocenters. The maximum absolute atomic E-state index is 13.3. The van der Waals surface area contributed by atoms with Crippen LogP contribution in [0.4, 0.5) is 4.39 Å². The Labute approximate surface area is 82.7 Å². The Morgan fingerprint density at radius 3 is 2.79 bits per heavy atom. The number of methoxy groups -OCH3 is 1. The summed E-state index contributed by atoms with van der Waals surface area (Å²) in [6.07, 6.45) is 1.05. The van der Waals surface area contributed by atoms with Crippen LogP contribution in [0.5, 0.6) is 5.75 Å². The Kier molecular flexibility index (Phi) is 3.63. The van der Waals surface area contributed by atoms with Gasteiger partial charge in [-0.1, -0.05) is 13.0 Å². The molecular weight excluding hydrogens is 183 g/mol. The van der Waals surface area contributed by atoms with E-state index >= 15 is 0 Å². The van der Waals surface area contributed by atoms with E-state index < -0.39 is 5.82 Å². The molecule has 0 bridgehead atoms. The van der Waals surface area contributed by atoms with Crippen LogP contribution in [0.3, 0.4) is 0 Å². The lowest BCUT2D eigenvalue weighted by atomic mass is 10.1. The summed E-state index contributed by atoms with van der Waals surface area (Å²) in [6.45, 7) is 1.88. The lowest BCUT2D eigenvalue weighted by Crippen LogP contribution is -2.04. The first-order valence-corrected chi connectivity index (χ1v) is 4.56. The fourth-order valence-electron chi connectivity index (χ4n) is 1.30. The first-order valence-electron chi connectivity index (χ1n) is 4.56. The van der Waals surface area contributed by atoms with Gasteiger partial charge in [0, 0.05) is 6.42 Å². The molecule has 14 heavy (non-hydrogen) atoms.